The first-order valence-electron chi connectivity index (χ1n) is 9.33. The second-order valence-electron chi connectivity index (χ2n) is 7.27. The lowest BCUT2D eigenvalue weighted by Gasteiger charge is -2.22. The highest BCUT2D eigenvalue weighted by atomic mass is 32.2. The van der Waals surface area contributed by atoms with Gasteiger partial charge in [0.15, 0.2) is 0 Å². The molecule has 4 rings (SSSR count). The monoisotopic (exact) mass is 387 g/mol. The average molecular weight is 388 g/mol. The normalized spacial score (nSPS) is 15.5. The number of fused-ring (bicyclic) bond motifs is 2. The van der Waals surface area contributed by atoms with Crippen molar-refractivity contribution in [1.29, 1.82) is 5.26 Å². The van der Waals surface area contributed by atoms with Crippen LogP contribution in [0.1, 0.15) is 29.2 Å². The summed E-state index contributed by atoms with van der Waals surface area (Å²) in [6.07, 6.45) is 0.878. The summed E-state index contributed by atoms with van der Waals surface area (Å²) in [4.78, 5) is 19.6. The number of para-hydroxylation sites is 1. The van der Waals surface area contributed by atoms with Crippen LogP contribution in [0, 0.1) is 25.2 Å². The van der Waals surface area contributed by atoms with Crippen molar-refractivity contribution >= 4 is 34.3 Å². The fraction of sp³-hybridized carbons (Fsp3) is 0.261. The number of thioether (sulfide) groups is 1. The van der Waals surface area contributed by atoms with Gasteiger partial charge in [0, 0.05) is 17.1 Å². The van der Waals surface area contributed by atoms with Crippen LogP contribution in [-0.2, 0) is 11.2 Å². The summed E-state index contributed by atoms with van der Waals surface area (Å²) >= 11 is 1.35. The lowest BCUT2D eigenvalue weighted by atomic mass is 10.0. The molecule has 0 fully saturated rings. The molecule has 4 nitrogen and oxygen atoms in total. The van der Waals surface area contributed by atoms with E-state index in [1.165, 1.54) is 22.9 Å². The zero-order valence-corrected chi connectivity index (χ0v) is 17.0. The van der Waals surface area contributed by atoms with Crippen molar-refractivity contribution < 1.29 is 4.79 Å². The third-order valence-electron chi connectivity index (χ3n) is 5.41. The van der Waals surface area contributed by atoms with E-state index < -0.39 is 0 Å². The van der Waals surface area contributed by atoms with Gasteiger partial charge in [-0.25, -0.2) is 4.98 Å². The number of carbonyl (C=O) groups is 1. The van der Waals surface area contributed by atoms with Crippen molar-refractivity contribution in [1.82, 2.24) is 4.98 Å². The van der Waals surface area contributed by atoms with E-state index in [1.807, 2.05) is 48.2 Å². The SMILES string of the molecule is Cc1ccc2cc(C#N)c(SCC(=O)N3c4ccccc4CC3C)nc2c1C. The fourth-order valence-electron chi connectivity index (χ4n) is 3.80. The Morgan fingerprint density at radius 3 is 2.86 bits per heavy atom. The van der Waals surface area contributed by atoms with Crippen molar-refractivity contribution in [3.63, 3.8) is 0 Å². The Morgan fingerprint density at radius 1 is 1.29 bits per heavy atom. The van der Waals surface area contributed by atoms with Crippen LogP contribution in [0.3, 0.4) is 0 Å². The Balaban J connectivity index is 1.61. The van der Waals surface area contributed by atoms with Crippen LogP contribution >= 0.6 is 11.8 Å². The molecule has 1 aliphatic heterocycles. The highest BCUT2D eigenvalue weighted by Gasteiger charge is 2.30. The molecule has 2 aromatic carbocycles. The van der Waals surface area contributed by atoms with Crippen molar-refractivity contribution in [3.8, 4) is 6.07 Å². The van der Waals surface area contributed by atoms with E-state index in [1.54, 1.807) is 0 Å². The molecule has 0 radical (unpaired) electrons. The van der Waals surface area contributed by atoms with Gasteiger partial charge in [-0.2, -0.15) is 5.26 Å². The maximum absolute atomic E-state index is 13.0. The average Bonchev–Trinajstić information content (AvgIpc) is 3.04. The summed E-state index contributed by atoms with van der Waals surface area (Å²) in [5.74, 6) is 0.311. The molecule has 1 aliphatic rings. The quantitative estimate of drug-likeness (QED) is 0.606. The first-order chi connectivity index (χ1) is 13.5. The molecule has 1 atom stereocenters. The number of hydrogen-bond donors (Lipinski definition) is 0. The standard InChI is InChI=1S/C23H21N3OS/c1-14-8-9-18-11-19(12-24)23(25-22(18)16(14)3)28-13-21(27)26-15(2)10-17-6-4-5-7-20(17)26/h4-9,11,15H,10,13H2,1-3H3. The number of nitriles is 1. The van der Waals surface area contributed by atoms with E-state index in [0.29, 0.717) is 10.6 Å². The molecule has 0 saturated heterocycles. The Labute approximate surface area is 169 Å². The second kappa shape index (κ2) is 7.29. The van der Waals surface area contributed by atoms with Crippen LogP contribution < -0.4 is 4.90 Å². The van der Waals surface area contributed by atoms with Crippen molar-refractivity contribution in [2.45, 2.75) is 38.3 Å². The molecule has 0 saturated carbocycles. The second-order valence-corrected chi connectivity index (χ2v) is 8.23. The number of anilines is 1. The number of amides is 1. The van der Waals surface area contributed by atoms with Crippen molar-refractivity contribution in [3.05, 3.63) is 64.7 Å². The van der Waals surface area contributed by atoms with Gasteiger partial charge in [0.25, 0.3) is 0 Å². The minimum atomic E-state index is 0.0502. The van der Waals surface area contributed by atoms with Gasteiger partial charge < -0.3 is 4.90 Å². The lowest BCUT2D eigenvalue weighted by Crippen LogP contribution is -2.37. The predicted octanol–water partition coefficient (Wildman–Crippen LogP) is 4.79. The maximum atomic E-state index is 13.0. The molecule has 28 heavy (non-hydrogen) atoms. The molecule has 0 aliphatic carbocycles. The van der Waals surface area contributed by atoms with E-state index >= 15 is 0 Å². The highest BCUT2D eigenvalue weighted by molar-refractivity contribution is 8.00. The smallest absolute Gasteiger partial charge is 0.237 e. The molecule has 0 N–H and O–H groups in total. The van der Waals surface area contributed by atoms with Crippen LogP contribution in [0.25, 0.3) is 10.9 Å². The Hall–Kier alpha value is -2.84. The first-order valence-corrected chi connectivity index (χ1v) is 10.3. The molecule has 140 valence electrons. The first kappa shape index (κ1) is 18.5. The molecular weight excluding hydrogens is 366 g/mol. The third-order valence-corrected chi connectivity index (χ3v) is 6.38. The summed E-state index contributed by atoms with van der Waals surface area (Å²) in [7, 11) is 0. The van der Waals surface area contributed by atoms with Crippen LogP contribution in [0.2, 0.25) is 0 Å². The number of carbonyl (C=O) groups excluding carboxylic acids is 1. The molecule has 1 aromatic heterocycles. The van der Waals surface area contributed by atoms with E-state index in [0.717, 1.165) is 28.6 Å². The molecule has 0 spiro atoms. The molecule has 2 heterocycles. The van der Waals surface area contributed by atoms with E-state index in [4.69, 9.17) is 4.98 Å². The van der Waals surface area contributed by atoms with Gasteiger partial charge in [-0.3, -0.25) is 4.79 Å². The predicted molar refractivity (Wildman–Crippen MR) is 114 cm³/mol. The third kappa shape index (κ3) is 3.14. The molecular formula is C23H21N3OS. The fourth-order valence-corrected chi connectivity index (χ4v) is 4.62. The summed E-state index contributed by atoms with van der Waals surface area (Å²) < 4.78 is 0. The van der Waals surface area contributed by atoms with Gasteiger partial charge in [-0.15, -0.1) is 0 Å². The molecule has 5 heteroatoms. The lowest BCUT2D eigenvalue weighted by molar-refractivity contribution is -0.116. The van der Waals surface area contributed by atoms with E-state index in [2.05, 4.69) is 26.0 Å². The number of rotatable bonds is 3. The largest absolute Gasteiger partial charge is 0.308 e. The number of aromatic nitrogens is 1. The van der Waals surface area contributed by atoms with Gasteiger partial charge in [-0.05, 0) is 56.0 Å². The topological polar surface area (TPSA) is 57.0 Å². The molecule has 3 aromatic rings. The summed E-state index contributed by atoms with van der Waals surface area (Å²) in [5, 5.41) is 11.1. The summed E-state index contributed by atoms with van der Waals surface area (Å²) in [6, 6.07) is 16.3. The molecule has 1 unspecified atom stereocenters. The minimum absolute atomic E-state index is 0.0502. The number of pyridine rings is 1. The van der Waals surface area contributed by atoms with E-state index in [9.17, 15) is 10.1 Å². The number of nitrogens with zero attached hydrogens (tertiary/aromatic N) is 3. The summed E-state index contributed by atoms with van der Waals surface area (Å²) in [6.45, 7) is 6.17. The number of aryl methyl sites for hydroxylation is 2. The van der Waals surface area contributed by atoms with Crippen LogP contribution in [-0.4, -0.2) is 22.7 Å². The zero-order chi connectivity index (χ0) is 19.8. The summed E-state index contributed by atoms with van der Waals surface area (Å²) in [5.41, 5.74) is 5.90. The Bertz CT molecular complexity index is 1130. The van der Waals surface area contributed by atoms with Gasteiger partial charge in [0.2, 0.25) is 5.91 Å². The Morgan fingerprint density at radius 2 is 2.07 bits per heavy atom. The van der Waals surface area contributed by atoms with Crippen molar-refractivity contribution in [2.24, 2.45) is 0 Å². The number of benzene rings is 2. The zero-order valence-electron chi connectivity index (χ0n) is 16.2. The Kier molecular flexibility index (Phi) is 4.82. The van der Waals surface area contributed by atoms with Gasteiger partial charge in [0.05, 0.1) is 16.8 Å². The van der Waals surface area contributed by atoms with Crippen LogP contribution in [0.15, 0.2) is 47.5 Å². The van der Waals surface area contributed by atoms with Gasteiger partial charge in [-0.1, -0.05) is 42.1 Å². The molecule has 0 bridgehead atoms. The number of hydrogen-bond acceptors (Lipinski definition) is 4. The highest BCUT2D eigenvalue weighted by Crippen LogP contribution is 2.33. The van der Waals surface area contributed by atoms with Gasteiger partial charge >= 0.3 is 0 Å². The van der Waals surface area contributed by atoms with Crippen LogP contribution in [0.4, 0.5) is 5.69 Å². The van der Waals surface area contributed by atoms with E-state index in [-0.39, 0.29) is 17.7 Å². The molecule has 1 amide bonds. The minimum Gasteiger partial charge on any atom is -0.308 e. The maximum Gasteiger partial charge on any atom is 0.237 e. The van der Waals surface area contributed by atoms with Gasteiger partial charge in [0.1, 0.15) is 11.1 Å². The van der Waals surface area contributed by atoms with Crippen molar-refractivity contribution in [2.75, 3.05) is 10.7 Å². The van der Waals surface area contributed by atoms with Crippen LogP contribution in [0.5, 0.6) is 0 Å².